The van der Waals surface area contributed by atoms with E-state index in [9.17, 15) is 9.59 Å². The van der Waals surface area contributed by atoms with Gasteiger partial charge in [0.2, 0.25) is 0 Å². The molecule has 0 radical (unpaired) electrons. The molecule has 1 heterocycles. The number of carbonyl (C=O) groups is 1. The van der Waals surface area contributed by atoms with Crippen LogP contribution in [0.15, 0.2) is 17.2 Å². The van der Waals surface area contributed by atoms with E-state index in [2.05, 4.69) is 4.98 Å². The molecule has 0 unspecified atom stereocenters. The van der Waals surface area contributed by atoms with Crippen molar-refractivity contribution in [2.24, 2.45) is 5.92 Å². The maximum absolute atomic E-state index is 12.3. The molecular weight excluding hydrogens is 246 g/mol. The zero-order valence-electron chi connectivity index (χ0n) is 11.8. The number of hydrogen-bond donors (Lipinski definition) is 1. The van der Waals surface area contributed by atoms with Crippen molar-refractivity contribution in [2.75, 3.05) is 18.0 Å². The van der Waals surface area contributed by atoms with Gasteiger partial charge >= 0.3 is 5.97 Å². The molecule has 0 atom stereocenters. The largest absolute Gasteiger partial charge is 0.480 e. The van der Waals surface area contributed by atoms with Gasteiger partial charge in [0.1, 0.15) is 6.54 Å². The predicted octanol–water partition coefficient (Wildman–Crippen LogP) is 1.37. The van der Waals surface area contributed by atoms with Gasteiger partial charge in [0.25, 0.3) is 5.56 Å². The highest BCUT2D eigenvalue weighted by Crippen LogP contribution is 2.09. The standard InChI is InChI=1S/C13H21N3O3/c1-9(2)7-15(8-11(17)18)12-13(19)16(10(3)4)6-5-14-12/h5-6,9-10H,7-8H2,1-4H3,(H,17,18). The van der Waals surface area contributed by atoms with Crippen LogP contribution < -0.4 is 10.5 Å². The normalized spacial score (nSPS) is 11.1. The molecular formula is C13H21N3O3. The molecule has 6 nitrogen and oxygen atoms in total. The van der Waals surface area contributed by atoms with Crippen molar-refractivity contribution in [2.45, 2.75) is 33.7 Å². The third-order valence-corrected chi connectivity index (χ3v) is 2.62. The number of aliphatic carboxylic acids is 1. The van der Waals surface area contributed by atoms with Crippen molar-refractivity contribution in [1.82, 2.24) is 9.55 Å². The lowest BCUT2D eigenvalue weighted by Gasteiger charge is -2.24. The number of rotatable bonds is 6. The minimum atomic E-state index is -0.971. The molecule has 1 N–H and O–H groups in total. The highest BCUT2D eigenvalue weighted by Gasteiger charge is 2.18. The molecule has 0 aliphatic rings. The van der Waals surface area contributed by atoms with Crippen LogP contribution >= 0.6 is 0 Å². The molecule has 106 valence electrons. The Bertz CT molecular complexity index is 494. The van der Waals surface area contributed by atoms with Gasteiger partial charge in [-0.1, -0.05) is 13.8 Å². The zero-order valence-corrected chi connectivity index (χ0v) is 11.8. The maximum Gasteiger partial charge on any atom is 0.323 e. The van der Waals surface area contributed by atoms with Gasteiger partial charge in [-0.05, 0) is 19.8 Å². The van der Waals surface area contributed by atoms with Crippen LogP contribution in [0.1, 0.15) is 33.7 Å². The highest BCUT2D eigenvalue weighted by atomic mass is 16.4. The van der Waals surface area contributed by atoms with Gasteiger partial charge in [0.15, 0.2) is 5.82 Å². The second kappa shape index (κ2) is 6.36. The number of anilines is 1. The second-order valence-corrected chi connectivity index (χ2v) is 5.23. The fraction of sp³-hybridized carbons (Fsp3) is 0.615. The van der Waals surface area contributed by atoms with Crippen LogP contribution in [-0.4, -0.2) is 33.7 Å². The quantitative estimate of drug-likeness (QED) is 0.842. The summed E-state index contributed by atoms with van der Waals surface area (Å²) in [5.41, 5.74) is -0.251. The van der Waals surface area contributed by atoms with Crippen LogP contribution in [0.5, 0.6) is 0 Å². The molecule has 0 aromatic carbocycles. The van der Waals surface area contributed by atoms with Gasteiger partial charge in [-0.25, -0.2) is 4.98 Å². The van der Waals surface area contributed by atoms with Gasteiger partial charge < -0.3 is 14.6 Å². The maximum atomic E-state index is 12.3. The molecule has 0 bridgehead atoms. The van der Waals surface area contributed by atoms with Crippen LogP contribution in [0.4, 0.5) is 5.82 Å². The summed E-state index contributed by atoms with van der Waals surface area (Å²) in [6, 6.07) is 0.0139. The summed E-state index contributed by atoms with van der Waals surface area (Å²) in [5.74, 6) is -0.526. The number of carboxylic acids is 1. The highest BCUT2D eigenvalue weighted by molar-refractivity contribution is 5.73. The van der Waals surface area contributed by atoms with E-state index in [1.54, 1.807) is 10.8 Å². The molecule has 1 rings (SSSR count). The molecule has 19 heavy (non-hydrogen) atoms. The van der Waals surface area contributed by atoms with Crippen LogP contribution in [0, 0.1) is 5.92 Å². The average molecular weight is 267 g/mol. The Morgan fingerprint density at radius 1 is 1.42 bits per heavy atom. The summed E-state index contributed by atoms with van der Waals surface area (Å²) in [5, 5.41) is 8.95. The molecule has 6 heteroatoms. The molecule has 0 spiro atoms. The summed E-state index contributed by atoms with van der Waals surface area (Å²) in [6.07, 6.45) is 3.15. The third-order valence-electron chi connectivity index (χ3n) is 2.62. The Morgan fingerprint density at radius 3 is 2.53 bits per heavy atom. The first-order valence-corrected chi connectivity index (χ1v) is 6.36. The first-order chi connectivity index (χ1) is 8.82. The number of carboxylic acid groups (broad SMARTS) is 1. The van der Waals surface area contributed by atoms with Crippen LogP contribution in [0.3, 0.4) is 0 Å². The van der Waals surface area contributed by atoms with Crippen LogP contribution in [-0.2, 0) is 4.79 Å². The Balaban J connectivity index is 3.18. The minimum absolute atomic E-state index is 0.0139. The van der Waals surface area contributed by atoms with E-state index in [1.807, 2.05) is 27.7 Å². The van der Waals surface area contributed by atoms with E-state index in [0.717, 1.165) is 0 Å². The van der Waals surface area contributed by atoms with E-state index in [-0.39, 0.29) is 29.9 Å². The van der Waals surface area contributed by atoms with Crippen LogP contribution in [0.25, 0.3) is 0 Å². The smallest absolute Gasteiger partial charge is 0.323 e. The predicted molar refractivity (Wildman–Crippen MR) is 73.6 cm³/mol. The van der Waals surface area contributed by atoms with Gasteiger partial charge in [0, 0.05) is 25.0 Å². The lowest BCUT2D eigenvalue weighted by molar-refractivity contribution is -0.135. The lowest BCUT2D eigenvalue weighted by atomic mass is 10.2. The zero-order chi connectivity index (χ0) is 14.6. The van der Waals surface area contributed by atoms with Gasteiger partial charge in [-0.3, -0.25) is 9.59 Å². The van der Waals surface area contributed by atoms with E-state index >= 15 is 0 Å². The molecule has 0 aliphatic heterocycles. The summed E-state index contributed by atoms with van der Waals surface area (Å²) in [7, 11) is 0. The Hall–Kier alpha value is -1.85. The number of aromatic nitrogens is 2. The van der Waals surface area contributed by atoms with Gasteiger partial charge in [-0.15, -0.1) is 0 Å². The number of hydrogen-bond acceptors (Lipinski definition) is 4. The van der Waals surface area contributed by atoms with E-state index in [1.165, 1.54) is 11.1 Å². The molecule has 1 aromatic rings. The minimum Gasteiger partial charge on any atom is -0.480 e. The van der Waals surface area contributed by atoms with Crippen molar-refractivity contribution in [3.05, 3.63) is 22.7 Å². The SMILES string of the molecule is CC(C)CN(CC(=O)O)c1nccn(C(C)C)c1=O. The van der Waals surface area contributed by atoms with Gasteiger partial charge in [-0.2, -0.15) is 0 Å². The first kappa shape index (κ1) is 15.2. The fourth-order valence-electron chi connectivity index (χ4n) is 1.87. The van der Waals surface area contributed by atoms with E-state index < -0.39 is 5.97 Å². The monoisotopic (exact) mass is 267 g/mol. The number of nitrogens with zero attached hydrogens (tertiary/aromatic N) is 3. The third kappa shape index (κ3) is 4.08. The summed E-state index contributed by atoms with van der Waals surface area (Å²) >= 11 is 0. The molecule has 0 saturated carbocycles. The second-order valence-electron chi connectivity index (χ2n) is 5.23. The van der Waals surface area contributed by atoms with Crippen molar-refractivity contribution in [1.29, 1.82) is 0 Å². The van der Waals surface area contributed by atoms with E-state index in [0.29, 0.717) is 6.54 Å². The van der Waals surface area contributed by atoms with E-state index in [4.69, 9.17) is 5.11 Å². The summed E-state index contributed by atoms with van der Waals surface area (Å²) in [4.78, 5) is 28.8. The Kier molecular flexibility index (Phi) is 5.09. The Morgan fingerprint density at radius 2 is 2.05 bits per heavy atom. The van der Waals surface area contributed by atoms with Crippen molar-refractivity contribution >= 4 is 11.8 Å². The fourth-order valence-corrected chi connectivity index (χ4v) is 1.87. The van der Waals surface area contributed by atoms with Crippen molar-refractivity contribution < 1.29 is 9.90 Å². The molecule has 0 fully saturated rings. The topological polar surface area (TPSA) is 75.4 Å². The molecule has 0 saturated heterocycles. The van der Waals surface area contributed by atoms with Crippen molar-refractivity contribution in [3.63, 3.8) is 0 Å². The molecule has 0 amide bonds. The van der Waals surface area contributed by atoms with Crippen LogP contribution in [0.2, 0.25) is 0 Å². The van der Waals surface area contributed by atoms with Gasteiger partial charge in [0.05, 0.1) is 0 Å². The summed E-state index contributed by atoms with van der Waals surface area (Å²) < 4.78 is 1.55. The van der Waals surface area contributed by atoms with Crippen molar-refractivity contribution in [3.8, 4) is 0 Å². The first-order valence-electron chi connectivity index (χ1n) is 6.36. The Labute approximate surface area is 112 Å². The molecule has 1 aromatic heterocycles. The summed E-state index contributed by atoms with van der Waals surface area (Å²) in [6.45, 7) is 8.00. The molecule has 0 aliphatic carbocycles. The average Bonchev–Trinajstić information content (AvgIpc) is 2.26. The lowest BCUT2D eigenvalue weighted by Crippen LogP contribution is -2.39.